The van der Waals surface area contributed by atoms with Crippen molar-refractivity contribution in [3.63, 3.8) is 0 Å². The highest BCUT2D eigenvalue weighted by atomic mass is 35.5. The molecule has 1 saturated heterocycles. The Balaban J connectivity index is 1.85. The van der Waals surface area contributed by atoms with Crippen LogP contribution < -0.4 is 11.1 Å². The first kappa shape index (κ1) is 13.7. The minimum Gasteiger partial charge on any atom is -0.397 e. The molecule has 0 bridgehead atoms. The van der Waals surface area contributed by atoms with Gasteiger partial charge < -0.3 is 15.8 Å². The number of nitrogen functional groups attached to an aromatic ring is 1. The molecule has 0 radical (unpaired) electrons. The standard InChI is InChI=1S/C14H15ClN2O2S/c15-8-3-4-10-11(6-8)20-13(12(10)16)14(18)17-9-2-1-5-19-7-9/h3-4,6,9H,1-2,5,7,16H2,(H,17,18). The number of ether oxygens (including phenoxy) is 1. The number of nitrogens with two attached hydrogens (primary N) is 1. The van der Waals surface area contributed by atoms with Gasteiger partial charge in [0.05, 0.1) is 18.3 Å². The first-order chi connectivity index (χ1) is 9.65. The number of hydrogen-bond acceptors (Lipinski definition) is 4. The van der Waals surface area contributed by atoms with Crippen molar-refractivity contribution in [2.75, 3.05) is 18.9 Å². The van der Waals surface area contributed by atoms with E-state index in [1.54, 1.807) is 6.07 Å². The largest absolute Gasteiger partial charge is 0.397 e. The van der Waals surface area contributed by atoms with Gasteiger partial charge in [-0.15, -0.1) is 11.3 Å². The third-order valence-corrected chi connectivity index (χ3v) is 4.79. The van der Waals surface area contributed by atoms with Crippen LogP contribution in [0.25, 0.3) is 10.1 Å². The second-order valence-electron chi connectivity index (χ2n) is 4.87. The molecular weight excluding hydrogens is 296 g/mol. The summed E-state index contributed by atoms with van der Waals surface area (Å²) in [6.45, 7) is 1.35. The van der Waals surface area contributed by atoms with E-state index in [4.69, 9.17) is 22.1 Å². The number of carbonyl (C=O) groups is 1. The molecule has 6 heteroatoms. The van der Waals surface area contributed by atoms with Crippen LogP contribution in [0.3, 0.4) is 0 Å². The van der Waals surface area contributed by atoms with Gasteiger partial charge in [-0.3, -0.25) is 4.79 Å². The molecular formula is C14H15ClN2O2S. The first-order valence-electron chi connectivity index (χ1n) is 6.51. The molecule has 2 aromatic rings. The fourth-order valence-electron chi connectivity index (χ4n) is 2.36. The molecule has 3 N–H and O–H groups in total. The van der Waals surface area contributed by atoms with E-state index in [9.17, 15) is 4.79 Å². The van der Waals surface area contributed by atoms with Crippen molar-refractivity contribution in [1.29, 1.82) is 0 Å². The van der Waals surface area contributed by atoms with E-state index >= 15 is 0 Å². The van der Waals surface area contributed by atoms with E-state index in [0.717, 1.165) is 29.5 Å². The van der Waals surface area contributed by atoms with Crippen LogP contribution in [0.4, 0.5) is 5.69 Å². The van der Waals surface area contributed by atoms with Crippen molar-refractivity contribution in [2.24, 2.45) is 0 Å². The van der Waals surface area contributed by atoms with Gasteiger partial charge in [0.1, 0.15) is 4.88 Å². The van der Waals surface area contributed by atoms with E-state index in [0.29, 0.717) is 22.2 Å². The number of halogens is 1. The van der Waals surface area contributed by atoms with Gasteiger partial charge >= 0.3 is 0 Å². The molecule has 2 heterocycles. The maximum atomic E-state index is 12.3. The van der Waals surface area contributed by atoms with Crippen molar-refractivity contribution < 1.29 is 9.53 Å². The molecule has 1 fully saturated rings. The summed E-state index contributed by atoms with van der Waals surface area (Å²) in [5, 5.41) is 4.51. The lowest BCUT2D eigenvalue weighted by molar-refractivity contribution is 0.0626. The predicted octanol–water partition coefficient (Wildman–Crippen LogP) is 3.05. The van der Waals surface area contributed by atoms with E-state index < -0.39 is 0 Å². The highest BCUT2D eigenvalue weighted by molar-refractivity contribution is 7.21. The van der Waals surface area contributed by atoms with Gasteiger partial charge in [-0.05, 0) is 31.0 Å². The number of fused-ring (bicyclic) bond motifs is 1. The Bertz CT molecular complexity index is 650. The summed E-state index contributed by atoms with van der Waals surface area (Å²) >= 11 is 7.34. The van der Waals surface area contributed by atoms with E-state index in [1.807, 2.05) is 12.1 Å². The molecule has 1 aromatic carbocycles. The molecule has 1 atom stereocenters. The Morgan fingerprint density at radius 3 is 3.10 bits per heavy atom. The van der Waals surface area contributed by atoms with Gasteiger partial charge in [-0.2, -0.15) is 0 Å². The summed E-state index contributed by atoms with van der Waals surface area (Å²) in [6, 6.07) is 5.54. The normalized spacial score (nSPS) is 19.1. The molecule has 1 amide bonds. The lowest BCUT2D eigenvalue weighted by Gasteiger charge is -2.22. The van der Waals surface area contributed by atoms with Crippen molar-refractivity contribution >= 4 is 44.6 Å². The second kappa shape index (κ2) is 5.60. The second-order valence-corrected chi connectivity index (χ2v) is 6.36. The number of rotatable bonds is 2. The number of hydrogen-bond donors (Lipinski definition) is 2. The molecule has 0 saturated carbocycles. The molecule has 1 aliphatic heterocycles. The molecule has 0 spiro atoms. The lowest BCUT2D eigenvalue weighted by atomic mass is 10.1. The van der Waals surface area contributed by atoms with Gasteiger partial charge in [-0.25, -0.2) is 0 Å². The Kier molecular flexibility index (Phi) is 3.83. The van der Waals surface area contributed by atoms with Crippen molar-refractivity contribution in [2.45, 2.75) is 18.9 Å². The molecule has 106 valence electrons. The van der Waals surface area contributed by atoms with Crippen molar-refractivity contribution in [3.05, 3.63) is 28.1 Å². The van der Waals surface area contributed by atoms with E-state index in [2.05, 4.69) is 5.32 Å². The number of benzene rings is 1. The Morgan fingerprint density at radius 1 is 1.50 bits per heavy atom. The molecule has 1 aliphatic rings. The lowest BCUT2D eigenvalue weighted by Crippen LogP contribution is -2.40. The average Bonchev–Trinajstić information content (AvgIpc) is 2.76. The third-order valence-electron chi connectivity index (χ3n) is 3.39. The zero-order chi connectivity index (χ0) is 14.1. The van der Waals surface area contributed by atoms with Crippen LogP contribution in [0.5, 0.6) is 0 Å². The number of carbonyl (C=O) groups excluding carboxylic acids is 1. The zero-order valence-electron chi connectivity index (χ0n) is 10.8. The Labute approximate surface area is 125 Å². The summed E-state index contributed by atoms with van der Waals surface area (Å²) in [4.78, 5) is 12.9. The third kappa shape index (κ3) is 2.61. The molecule has 1 unspecified atom stereocenters. The van der Waals surface area contributed by atoms with Gasteiger partial charge in [0.2, 0.25) is 0 Å². The smallest absolute Gasteiger partial charge is 0.263 e. The van der Waals surface area contributed by atoms with Crippen LogP contribution in [0.2, 0.25) is 5.02 Å². The SMILES string of the molecule is Nc1c(C(=O)NC2CCCOC2)sc2cc(Cl)ccc12. The highest BCUT2D eigenvalue weighted by Gasteiger charge is 2.21. The Morgan fingerprint density at radius 2 is 2.35 bits per heavy atom. The minimum absolute atomic E-state index is 0.0736. The fourth-order valence-corrected chi connectivity index (χ4v) is 3.67. The van der Waals surface area contributed by atoms with E-state index in [1.165, 1.54) is 11.3 Å². The molecule has 4 nitrogen and oxygen atoms in total. The van der Waals surface area contributed by atoms with Crippen LogP contribution in [0.1, 0.15) is 22.5 Å². The topological polar surface area (TPSA) is 64.4 Å². The minimum atomic E-state index is -0.129. The van der Waals surface area contributed by atoms with Crippen LogP contribution in [-0.4, -0.2) is 25.2 Å². The number of thiophene rings is 1. The molecule has 20 heavy (non-hydrogen) atoms. The number of amides is 1. The maximum Gasteiger partial charge on any atom is 0.263 e. The van der Waals surface area contributed by atoms with Gasteiger partial charge in [-0.1, -0.05) is 11.6 Å². The van der Waals surface area contributed by atoms with Crippen LogP contribution in [0.15, 0.2) is 18.2 Å². The van der Waals surface area contributed by atoms with Crippen LogP contribution in [-0.2, 0) is 4.74 Å². The predicted molar refractivity (Wildman–Crippen MR) is 82.6 cm³/mol. The summed E-state index contributed by atoms with van der Waals surface area (Å²) in [5.41, 5.74) is 6.59. The zero-order valence-corrected chi connectivity index (χ0v) is 12.4. The number of nitrogens with one attached hydrogen (secondary N) is 1. The Hall–Kier alpha value is -1.30. The van der Waals surface area contributed by atoms with Gasteiger partial charge in [0.25, 0.3) is 5.91 Å². The van der Waals surface area contributed by atoms with E-state index in [-0.39, 0.29) is 11.9 Å². The summed E-state index contributed by atoms with van der Waals surface area (Å²) in [5.74, 6) is -0.129. The average molecular weight is 311 g/mol. The van der Waals surface area contributed by atoms with Crippen LogP contribution >= 0.6 is 22.9 Å². The molecule has 1 aromatic heterocycles. The molecule has 0 aliphatic carbocycles. The highest BCUT2D eigenvalue weighted by Crippen LogP contribution is 2.35. The first-order valence-corrected chi connectivity index (χ1v) is 7.71. The quantitative estimate of drug-likeness (QED) is 0.896. The van der Waals surface area contributed by atoms with Gasteiger partial charge in [0.15, 0.2) is 0 Å². The summed E-state index contributed by atoms with van der Waals surface area (Å²) < 4.78 is 6.29. The van der Waals surface area contributed by atoms with Crippen molar-refractivity contribution in [1.82, 2.24) is 5.32 Å². The van der Waals surface area contributed by atoms with Crippen LogP contribution in [0, 0.1) is 0 Å². The molecule has 3 rings (SSSR count). The van der Waals surface area contributed by atoms with Gasteiger partial charge in [0, 0.05) is 21.7 Å². The summed E-state index contributed by atoms with van der Waals surface area (Å²) in [7, 11) is 0. The van der Waals surface area contributed by atoms with Crippen molar-refractivity contribution in [3.8, 4) is 0 Å². The fraction of sp³-hybridized carbons (Fsp3) is 0.357. The maximum absolute atomic E-state index is 12.3. The summed E-state index contributed by atoms with van der Waals surface area (Å²) in [6.07, 6.45) is 1.92. The number of anilines is 1. The monoisotopic (exact) mass is 310 g/mol.